The molecule has 1 atom stereocenters. The van der Waals surface area contributed by atoms with E-state index in [2.05, 4.69) is 0 Å². The van der Waals surface area contributed by atoms with Crippen LogP contribution in [-0.2, 0) is 4.79 Å². The SMILES string of the molecule is NCCCC[C@H](N)C(=O)C1CC1. The van der Waals surface area contributed by atoms with Gasteiger partial charge >= 0.3 is 0 Å². The largest absolute Gasteiger partial charge is 0.330 e. The Hall–Kier alpha value is -0.410. The van der Waals surface area contributed by atoms with Crippen LogP contribution in [0.5, 0.6) is 0 Å². The van der Waals surface area contributed by atoms with Gasteiger partial charge in [-0.2, -0.15) is 0 Å². The molecule has 0 aromatic rings. The van der Waals surface area contributed by atoms with Crippen LogP contribution in [0.4, 0.5) is 0 Å². The van der Waals surface area contributed by atoms with Crippen molar-refractivity contribution in [3.63, 3.8) is 0 Å². The van der Waals surface area contributed by atoms with Gasteiger partial charge in [0.05, 0.1) is 6.04 Å². The van der Waals surface area contributed by atoms with Gasteiger partial charge in [-0.05, 0) is 32.2 Å². The third-order valence-electron chi connectivity index (χ3n) is 2.31. The Balaban J connectivity index is 2.09. The minimum absolute atomic E-state index is 0.218. The molecule has 0 amide bonds. The van der Waals surface area contributed by atoms with Crippen molar-refractivity contribution in [3.05, 3.63) is 0 Å². The molecule has 1 rings (SSSR count). The van der Waals surface area contributed by atoms with Crippen molar-refractivity contribution in [3.8, 4) is 0 Å². The van der Waals surface area contributed by atoms with Gasteiger partial charge in [-0.3, -0.25) is 4.79 Å². The van der Waals surface area contributed by atoms with Crippen molar-refractivity contribution in [2.24, 2.45) is 17.4 Å². The van der Waals surface area contributed by atoms with Crippen LogP contribution in [0, 0.1) is 5.92 Å². The molecule has 0 aliphatic heterocycles. The molecule has 12 heavy (non-hydrogen) atoms. The molecule has 0 spiro atoms. The first kappa shape index (κ1) is 9.68. The quantitative estimate of drug-likeness (QED) is 0.568. The average molecular weight is 170 g/mol. The number of nitrogens with two attached hydrogens (primary N) is 2. The number of unbranched alkanes of at least 4 members (excludes halogenated alkanes) is 1. The van der Waals surface area contributed by atoms with Crippen LogP contribution >= 0.6 is 0 Å². The Morgan fingerprint density at radius 3 is 2.58 bits per heavy atom. The molecule has 0 unspecified atom stereocenters. The van der Waals surface area contributed by atoms with Crippen LogP contribution in [0.1, 0.15) is 32.1 Å². The zero-order chi connectivity index (χ0) is 8.97. The van der Waals surface area contributed by atoms with Crippen molar-refractivity contribution >= 4 is 5.78 Å². The minimum atomic E-state index is -0.218. The maximum atomic E-state index is 11.3. The number of carbonyl (C=O) groups excluding carboxylic acids is 1. The van der Waals surface area contributed by atoms with E-state index in [1.807, 2.05) is 0 Å². The Morgan fingerprint density at radius 1 is 1.42 bits per heavy atom. The fourth-order valence-corrected chi connectivity index (χ4v) is 1.32. The summed E-state index contributed by atoms with van der Waals surface area (Å²) in [4.78, 5) is 11.3. The molecule has 0 aromatic heterocycles. The van der Waals surface area contributed by atoms with Crippen molar-refractivity contribution in [2.45, 2.75) is 38.1 Å². The monoisotopic (exact) mass is 170 g/mol. The van der Waals surface area contributed by atoms with E-state index in [0.29, 0.717) is 12.5 Å². The second kappa shape index (κ2) is 4.58. The van der Waals surface area contributed by atoms with E-state index in [-0.39, 0.29) is 11.8 Å². The zero-order valence-electron chi connectivity index (χ0n) is 7.46. The highest BCUT2D eigenvalue weighted by atomic mass is 16.1. The second-order valence-electron chi connectivity index (χ2n) is 3.57. The highest BCUT2D eigenvalue weighted by Gasteiger charge is 2.32. The van der Waals surface area contributed by atoms with E-state index in [1.54, 1.807) is 0 Å². The summed E-state index contributed by atoms with van der Waals surface area (Å²) in [5.74, 6) is 0.574. The smallest absolute Gasteiger partial charge is 0.152 e. The third-order valence-corrected chi connectivity index (χ3v) is 2.31. The lowest BCUT2D eigenvalue weighted by Gasteiger charge is -2.08. The minimum Gasteiger partial charge on any atom is -0.330 e. The number of hydrogen-bond acceptors (Lipinski definition) is 3. The van der Waals surface area contributed by atoms with Gasteiger partial charge < -0.3 is 11.5 Å². The topological polar surface area (TPSA) is 69.1 Å². The molecule has 0 aromatic carbocycles. The van der Waals surface area contributed by atoms with Gasteiger partial charge in [-0.1, -0.05) is 6.42 Å². The number of ketones is 1. The third kappa shape index (κ3) is 2.91. The Bertz CT molecular complexity index is 155. The fraction of sp³-hybridized carbons (Fsp3) is 0.889. The van der Waals surface area contributed by atoms with Crippen LogP contribution in [-0.4, -0.2) is 18.4 Å². The summed E-state index contributed by atoms with van der Waals surface area (Å²) in [5, 5.41) is 0. The number of carbonyl (C=O) groups is 1. The molecular weight excluding hydrogens is 152 g/mol. The Labute approximate surface area is 73.5 Å². The molecule has 0 radical (unpaired) electrons. The summed E-state index contributed by atoms with van der Waals surface area (Å²) in [6.07, 6.45) is 4.89. The summed E-state index contributed by atoms with van der Waals surface area (Å²) in [5.41, 5.74) is 11.0. The number of rotatable bonds is 6. The van der Waals surface area contributed by atoms with Gasteiger partial charge in [0.2, 0.25) is 0 Å². The summed E-state index contributed by atoms with van der Waals surface area (Å²) >= 11 is 0. The van der Waals surface area contributed by atoms with Crippen molar-refractivity contribution in [1.29, 1.82) is 0 Å². The van der Waals surface area contributed by atoms with Crippen LogP contribution in [0.2, 0.25) is 0 Å². The summed E-state index contributed by atoms with van der Waals surface area (Å²) in [7, 11) is 0. The molecule has 3 heteroatoms. The van der Waals surface area contributed by atoms with E-state index >= 15 is 0 Å². The Kier molecular flexibility index (Phi) is 3.69. The molecule has 1 aliphatic rings. The van der Waals surface area contributed by atoms with Crippen LogP contribution in [0.25, 0.3) is 0 Å². The molecular formula is C9H18N2O. The number of hydrogen-bond donors (Lipinski definition) is 2. The van der Waals surface area contributed by atoms with Crippen LogP contribution < -0.4 is 11.5 Å². The van der Waals surface area contributed by atoms with E-state index in [1.165, 1.54) is 0 Å². The predicted octanol–water partition coefficient (Wildman–Crippen LogP) is 0.422. The molecule has 4 N–H and O–H groups in total. The van der Waals surface area contributed by atoms with Gasteiger partial charge in [0.25, 0.3) is 0 Å². The highest BCUT2D eigenvalue weighted by Crippen LogP contribution is 2.31. The van der Waals surface area contributed by atoms with E-state index in [9.17, 15) is 4.79 Å². The molecule has 0 saturated heterocycles. The maximum Gasteiger partial charge on any atom is 0.152 e. The maximum absolute atomic E-state index is 11.3. The van der Waals surface area contributed by atoms with Crippen molar-refractivity contribution in [1.82, 2.24) is 0 Å². The fourth-order valence-electron chi connectivity index (χ4n) is 1.32. The van der Waals surface area contributed by atoms with Gasteiger partial charge in [0.1, 0.15) is 0 Å². The predicted molar refractivity (Wildman–Crippen MR) is 48.6 cm³/mol. The molecule has 70 valence electrons. The average Bonchev–Trinajstić information content (AvgIpc) is 2.86. The number of Topliss-reactive ketones (excluding diaryl/α,β-unsaturated/α-hetero) is 1. The lowest BCUT2D eigenvalue weighted by atomic mass is 10.0. The first-order valence-corrected chi connectivity index (χ1v) is 4.75. The first-order chi connectivity index (χ1) is 5.75. The second-order valence-corrected chi connectivity index (χ2v) is 3.57. The normalized spacial score (nSPS) is 19.2. The zero-order valence-corrected chi connectivity index (χ0v) is 7.46. The van der Waals surface area contributed by atoms with Crippen molar-refractivity contribution < 1.29 is 4.79 Å². The van der Waals surface area contributed by atoms with E-state index in [4.69, 9.17) is 11.5 Å². The van der Waals surface area contributed by atoms with Crippen molar-refractivity contribution in [2.75, 3.05) is 6.54 Å². The first-order valence-electron chi connectivity index (χ1n) is 4.75. The van der Waals surface area contributed by atoms with E-state index in [0.717, 1.165) is 32.1 Å². The standard InChI is InChI=1S/C9H18N2O/c10-6-2-1-3-8(11)9(12)7-4-5-7/h7-8H,1-6,10-11H2/t8-/m0/s1. The molecule has 1 saturated carbocycles. The van der Waals surface area contributed by atoms with Gasteiger partial charge in [0.15, 0.2) is 5.78 Å². The Morgan fingerprint density at radius 2 is 2.08 bits per heavy atom. The lowest BCUT2D eigenvalue weighted by Crippen LogP contribution is -2.31. The van der Waals surface area contributed by atoms with Gasteiger partial charge in [-0.25, -0.2) is 0 Å². The molecule has 0 heterocycles. The molecule has 1 fully saturated rings. The molecule has 0 bridgehead atoms. The lowest BCUT2D eigenvalue weighted by molar-refractivity contribution is -0.121. The molecule has 3 nitrogen and oxygen atoms in total. The highest BCUT2D eigenvalue weighted by molar-refractivity contribution is 5.87. The summed E-state index contributed by atoms with van der Waals surface area (Å²) in [6.45, 7) is 0.699. The van der Waals surface area contributed by atoms with Gasteiger partial charge in [-0.15, -0.1) is 0 Å². The van der Waals surface area contributed by atoms with E-state index < -0.39 is 0 Å². The van der Waals surface area contributed by atoms with Gasteiger partial charge in [0, 0.05) is 5.92 Å². The molecule has 1 aliphatic carbocycles. The van der Waals surface area contributed by atoms with Crippen LogP contribution in [0.15, 0.2) is 0 Å². The van der Waals surface area contributed by atoms with Crippen LogP contribution in [0.3, 0.4) is 0 Å². The summed E-state index contributed by atoms with van der Waals surface area (Å²) in [6, 6.07) is -0.218. The summed E-state index contributed by atoms with van der Waals surface area (Å²) < 4.78 is 0.